The predicted molar refractivity (Wildman–Crippen MR) is 63.6 cm³/mol. The van der Waals surface area contributed by atoms with Crippen LogP contribution in [0.25, 0.3) is 0 Å². The number of fused-ring (bicyclic) bond motifs is 2. The van der Waals surface area contributed by atoms with Crippen LogP contribution in [0.2, 0.25) is 0 Å². The minimum absolute atomic E-state index is 0.564. The van der Waals surface area contributed by atoms with E-state index >= 15 is 0 Å². The first-order valence-electron chi connectivity index (χ1n) is 4.93. The number of para-hydroxylation sites is 2. The van der Waals surface area contributed by atoms with Gasteiger partial charge >= 0.3 is 0 Å². The van der Waals surface area contributed by atoms with E-state index in [4.69, 9.17) is 4.78 Å². The third-order valence-electron chi connectivity index (χ3n) is 2.66. The number of hydrogen-bond acceptors (Lipinski definition) is 3. The molecule has 2 N–H and O–H groups in total. The van der Waals surface area contributed by atoms with Gasteiger partial charge in [-0.3, -0.25) is 0 Å². The van der Waals surface area contributed by atoms with Crippen LogP contribution >= 0.6 is 0 Å². The van der Waals surface area contributed by atoms with Crippen molar-refractivity contribution < 1.29 is 4.21 Å². The molecule has 2 aromatic rings. The summed E-state index contributed by atoms with van der Waals surface area (Å²) in [5.41, 5.74) is 1.53. The van der Waals surface area contributed by atoms with Gasteiger partial charge in [0.2, 0.25) is 0 Å². The molecule has 3 rings (SSSR count). The Morgan fingerprint density at radius 3 is 1.81 bits per heavy atom. The summed E-state index contributed by atoms with van der Waals surface area (Å²) in [4.78, 5) is 1.13. The average Bonchev–Trinajstić information content (AvgIpc) is 2.29. The number of anilines is 2. The molecule has 0 radical (unpaired) electrons. The summed E-state index contributed by atoms with van der Waals surface area (Å²) >= 11 is 0. The number of benzene rings is 2. The Bertz CT molecular complexity index is 611. The highest BCUT2D eigenvalue weighted by Gasteiger charge is 2.24. The molecule has 1 aliphatic heterocycles. The van der Waals surface area contributed by atoms with Crippen LogP contribution < -0.4 is 5.32 Å². The Morgan fingerprint density at radius 2 is 1.31 bits per heavy atom. The second-order valence-electron chi connectivity index (χ2n) is 3.67. The van der Waals surface area contributed by atoms with E-state index in [-0.39, 0.29) is 0 Å². The fraction of sp³-hybridized carbons (Fsp3) is 0. The zero-order valence-electron chi connectivity index (χ0n) is 8.44. The summed E-state index contributed by atoms with van der Waals surface area (Å²) < 4.78 is 20.6. The standard InChI is InChI=1S/C12H10N2OS/c13-16(15)11-7-3-1-5-9(11)14-10-6-2-4-8-12(10)16/h1-8,13-14H. The lowest BCUT2D eigenvalue weighted by Gasteiger charge is -2.22. The SMILES string of the molecule is N=S1(=O)c2ccccc2Nc2ccccc21. The summed E-state index contributed by atoms with van der Waals surface area (Å²) in [6.07, 6.45) is 0. The average molecular weight is 230 g/mol. The van der Waals surface area contributed by atoms with E-state index in [0.717, 1.165) is 11.4 Å². The molecule has 0 saturated carbocycles. The normalized spacial score (nSPS) is 15.8. The molecule has 0 saturated heterocycles. The van der Waals surface area contributed by atoms with Gasteiger partial charge < -0.3 is 5.32 Å². The van der Waals surface area contributed by atoms with E-state index in [1.807, 2.05) is 36.4 Å². The first kappa shape index (κ1) is 9.42. The predicted octanol–water partition coefficient (Wildman–Crippen LogP) is 3.21. The quantitative estimate of drug-likeness (QED) is 0.623. The summed E-state index contributed by atoms with van der Waals surface area (Å²) in [5.74, 6) is 0. The van der Waals surface area contributed by atoms with Gasteiger partial charge in [0.1, 0.15) is 9.73 Å². The van der Waals surface area contributed by atoms with Gasteiger partial charge in [0, 0.05) is 0 Å². The van der Waals surface area contributed by atoms with Crippen LogP contribution in [0.1, 0.15) is 0 Å². The third kappa shape index (κ3) is 1.17. The second kappa shape index (κ2) is 3.09. The molecule has 0 unspecified atom stereocenters. The van der Waals surface area contributed by atoms with Gasteiger partial charge in [-0.25, -0.2) is 8.99 Å². The first-order valence-corrected chi connectivity index (χ1v) is 6.49. The van der Waals surface area contributed by atoms with Crippen molar-refractivity contribution in [2.75, 3.05) is 5.32 Å². The van der Waals surface area contributed by atoms with Crippen LogP contribution in [-0.4, -0.2) is 4.21 Å². The molecule has 80 valence electrons. The fourth-order valence-electron chi connectivity index (χ4n) is 1.90. The van der Waals surface area contributed by atoms with E-state index in [1.165, 1.54) is 0 Å². The van der Waals surface area contributed by atoms with E-state index < -0.39 is 9.73 Å². The molecule has 4 heteroatoms. The van der Waals surface area contributed by atoms with Gasteiger partial charge in [0.15, 0.2) is 0 Å². The van der Waals surface area contributed by atoms with Gasteiger partial charge in [-0.15, -0.1) is 0 Å². The highest BCUT2D eigenvalue weighted by molar-refractivity contribution is 7.93. The van der Waals surface area contributed by atoms with Crippen molar-refractivity contribution in [3.8, 4) is 0 Å². The topological polar surface area (TPSA) is 53.0 Å². The molecule has 0 atom stereocenters. The number of rotatable bonds is 0. The Morgan fingerprint density at radius 1 is 0.875 bits per heavy atom. The minimum atomic E-state index is -2.86. The third-order valence-corrected chi connectivity index (χ3v) is 4.61. The summed E-state index contributed by atoms with van der Waals surface area (Å²) in [5, 5.41) is 3.20. The van der Waals surface area contributed by atoms with E-state index in [9.17, 15) is 4.21 Å². The van der Waals surface area contributed by atoms with Gasteiger partial charge in [-0.2, -0.15) is 0 Å². The Labute approximate surface area is 94.1 Å². The van der Waals surface area contributed by atoms with Crippen molar-refractivity contribution in [2.45, 2.75) is 9.79 Å². The molecule has 0 aromatic heterocycles. The molecule has 3 nitrogen and oxygen atoms in total. The van der Waals surface area contributed by atoms with Crippen LogP contribution in [0.15, 0.2) is 58.3 Å². The molecule has 0 aliphatic carbocycles. The molecular weight excluding hydrogens is 220 g/mol. The van der Waals surface area contributed by atoms with Crippen molar-refractivity contribution in [2.24, 2.45) is 0 Å². The highest BCUT2D eigenvalue weighted by atomic mass is 32.2. The molecule has 2 aromatic carbocycles. The van der Waals surface area contributed by atoms with Crippen LogP contribution in [0.5, 0.6) is 0 Å². The lowest BCUT2D eigenvalue weighted by molar-refractivity contribution is 0.674. The van der Waals surface area contributed by atoms with Crippen molar-refractivity contribution in [3.05, 3.63) is 48.5 Å². The van der Waals surface area contributed by atoms with Gasteiger partial charge in [0.05, 0.1) is 21.2 Å². The first-order chi connectivity index (χ1) is 7.69. The Hall–Kier alpha value is -1.81. The van der Waals surface area contributed by atoms with Crippen LogP contribution in [0, 0.1) is 4.78 Å². The summed E-state index contributed by atoms with van der Waals surface area (Å²) in [7, 11) is -2.86. The van der Waals surface area contributed by atoms with Crippen molar-refractivity contribution >= 4 is 21.1 Å². The molecule has 0 fully saturated rings. The minimum Gasteiger partial charge on any atom is -0.353 e. The number of nitrogens with one attached hydrogen (secondary N) is 2. The lowest BCUT2D eigenvalue weighted by atomic mass is 10.2. The Kier molecular flexibility index (Phi) is 1.82. The van der Waals surface area contributed by atoms with Crippen LogP contribution in [-0.2, 0) is 9.73 Å². The maximum Gasteiger partial charge on any atom is 0.105 e. The maximum absolute atomic E-state index is 12.5. The van der Waals surface area contributed by atoms with Crippen molar-refractivity contribution in [3.63, 3.8) is 0 Å². The maximum atomic E-state index is 12.5. The van der Waals surface area contributed by atoms with Gasteiger partial charge in [-0.1, -0.05) is 24.3 Å². The fourth-order valence-corrected chi connectivity index (χ4v) is 3.54. The van der Waals surface area contributed by atoms with E-state index in [1.54, 1.807) is 12.1 Å². The zero-order chi connectivity index (χ0) is 11.2. The van der Waals surface area contributed by atoms with Gasteiger partial charge in [0.25, 0.3) is 0 Å². The van der Waals surface area contributed by atoms with Crippen molar-refractivity contribution in [1.29, 1.82) is 4.78 Å². The smallest absolute Gasteiger partial charge is 0.105 e. The molecule has 0 bridgehead atoms. The molecule has 1 heterocycles. The molecule has 1 aliphatic rings. The van der Waals surface area contributed by atoms with Gasteiger partial charge in [-0.05, 0) is 24.3 Å². The lowest BCUT2D eigenvalue weighted by Crippen LogP contribution is -2.11. The molecule has 0 amide bonds. The van der Waals surface area contributed by atoms with Crippen LogP contribution in [0.4, 0.5) is 11.4 Å². The van der Waals surface area contributed by atoms with E-state index in [0.29, 0.717) is 9.79 Å². The zero-order valence-corrected chi connectivity index (χ0v) is 9.25. The van der Waals surface area contributed by atoms with E-state index in [2.05, 4.69) is 5.32 Å². The molecule has 0 spiro atoms. The highest BCUT2D eigenvalue weighted by Crippen LogP contribution is 2.39. The summed E-state index contributed by atoms with van der Waals surface area (Å²) in [6.45, 7) is 0. The largest absolute Gasteiger partial charge is 0.353 e. The van der Waals surface area contributed by atoms with Crippen LogP contribution in [0.3, 0.4) is 0 Å². The second-order valence-corrected chi connectivity index (χ2v) is 5.67. The van der Waals surface area contributed by atoms with Crippen molar-refractivity contribution in [1.82, 2.24) is 0 Å². The number of hydrogen-bond donors (Lipinski definition) is 2. The summed E-state index contributed by atoms with van der Waals surface area (Å²) in [6, 6.07) is 14.5. The molecule has 16 heavy (non-hydrogen) atoms. The Balaban J connectivity index is 2.37. The monoisotopic (exact) mass is 230 g/mol. The molecular formula is C12H10N2OS.